The molecule has 0 bridgehead atoms. The van der Waals surface area contributed by atoms with Gasteiger partial charge in [0, 0.05) is 32.6 Å². The Balaban J connectivity index is 0.00000348. The highest BCUT2D eigenvalue weighted by Gasteiger charge is 2.29. The summed E-state index contributed by atoms with van der Waals surface area (Å²) in [5.74, 6) is 0.248. The quantitative estimate of drug-likeness (QED) is 0.0372. The number of allylic oxidation sites excluding steroid dienone is 4. The predicted molar refractivity (Wildman–Crippen MR) is 228 cm³/mol. The lowest BCUT2D eigenvalue weighted by atomic mass is 10.1. The summed E-state index contributed by atoms with van der Waals surface area (Å²) in [4.78, 5) is 17.7. The predicted octanol–water partition coefficient (Wildman–Crippen LogP) is 12.0. The Labute approximate surface area is 329 Å². The van der Waals surface area contributed by atoms with Gasteiger partial charge in [0.25, 0.3) is 0 Å². The summed E-state index contributed by atoms with van der Waals surface area (Å²) in [5.41, 5.74) is 0. The van der Waals surface area contributed by atoms with Crippen LogP contribution in [0.5, 0.6) is 0 Å². The largest absolute Gasteiger partial charge is 0.397 e. The normalized spacial score (nSPS) is 15.5. The second-order valence-corrected chi connectivity index (χ2v) is 16.1. The lowest BCUT2D eigenvalue weighted by Gasteiger charge is -2.29. The molecule has 0 saturated carbocycles. The maximum atomic E-state index is 12.4. The van der Waals surface area contributed by atoms with Crippen molar-refractivity contribution in [2.75, 3.05) is 39.3 Å². The number of likely N-dealkylation sites (N-methyl/N-ethyl adjacent to an activating group) is 1. The number of rotatable bonds is 36. The van der Waals surface area contributed by atoms with Crippen LogP contribution in [0.2, 0.25) is 0 Å². The van der Waals surface area contributed by atoms with Crippen LogP contribution in [0.15, 0.2) is 24.3 Å². The molecule has 0 spiro atoms. The summed E-state index contributed by atoms with van der Waals surface area (Å²) >= 11 is 0. The van der Waals surface area contributed by atoms with Gasteiger partial charge in [0.05, 0.1) is 12.8 Å². The molecule has 0 aromatic rings. The first-order valence-corrected chi connectivity index (χ1v) is 23.8. The number of unbranched alkanes of at least 4 members (excludes halogenated alkanes) is 22. The fourth-order valence-electron chi connectivity index (χ4n) is 7.11. The van der Waals surface area contributed by atoms with Crippen LogP contribution in [0.25, 0.3) is 0 Å². The highest BCUT2D eigenvalue weighted by Crippen LogP contribution is 2.20. The van der Waals surface area contributed by atoms with Crippen LogP contribution in [0.3, 0.4) is 0 Å². The van der Waals surface area contributed by atoms with Crippen LogP contribution in [-0.4, -0.2) is 74.2 Å². The summed E-state index contributed by atoms with van der Waals surface area (Å²) in [6.07, 6.45) is 46.7. The summed E-state index contributed by atoms with van der Waals surface area (Å²) in [6, 6.07) is 0. The fraction of sp³-hybridized carbons (Fsp3) is 0.886. The number of nitrogens with one attached hydrogen (secondary N) is 1. The zero-order chi connectivity index (χ0) is 39.1. The van der Waals surface area contributed by atoms with E-state index in [1.54, 1.807) is 0 Å². The fourth-order valence-corrected chi connectivity index (χ4v) is 7.41. The molecule has 0 radical (unpaired) electrons. The van der Waals surface area contributed by atoms with Gasteiger partial charge in [0.15, 0.2) is 0 Å². The molecule has 1 rings (SSSR count). The Bertz CT molecular complexity index is 959. The van der Waals surface area contributed by atoms with Gasteiger partial charge in [-0.25, -0.2) is 4.18 Å². The third-order valence-corrected chi connectivity index (χ3v) is 10.8. The summed E-state index contributed by atoms with van der Waals surface area (Å²) in [5, 5.41) is 3.22. The monoisotopic (exact) mass is 770 g/mol. The van der Waals surface area contributed by atoms with Gasteiger partial charge in [-0.05, 0) is 77.7 Å². The number of carbonyl (C=O) groups is 1. The smallest absolute Gasteiger partial charge is 0.355 e. The Morgan fingerprint density at radius 1 is 0.623 bits per heavy atom. The molecule has 9 heteroatoms. The maximum absolute atomic E-state index is 12.4. The first-order valence-electron chi connectivity index (χ1n) is 22.5. The molecule has 53 heavy (non-hydrogen) atoms. The van der Waals surface area contributed by atoms with E-state index < -0.39 is 10.4 Å². The van der Waals surface area contributed by atoms with Gasteiger partial charge in [0.1, 0.15) is 0 Å². The lowest BCUT2D eigenvalue weighted by molar-refractivity contribution is -0.121. The minimum Gasteiger partial charge on any atom is -0.355 e. The number of amides is 1. The Hall–Kier alpha value is -1.26. The van der Waals surface area contributed by atoms with E-state index in [9.17, 15) is 13.2 Å². The third kappa shape index (κ3) is 36.2. The van der Waals surface area contributed by atoms with Gasteiger partial charge < -0.3 is 5.32 Å². The van der Waals surface area contributed by atoms with E-state index in [4.69, 9.17) is 4.55 Å². The van der Waals surface area contributed by atoms with Gasteiger partial charge in [-0.2, -0.15) is 8.42 Å². The van der Waals surface area contributed by atoms with Crippen molar-refractivity contribution in [1.29, 1.82) is 0 Å². The number of carbonyl (C=O) groups excluding carboxylic acids is 1. The van der Waals surface area contributed by atoms with Crippen LogP contribution in [0, 0.1) is 0 Å². The van der Waals surface area contributed by atoms with Gasteiger partial charge in [0.2, 0.25) is 5.91 Å². The van der Waals surface area contributed by atoms with Crippen molar-refractivity contribution in [3.63, 3.8) is 0 Å². The minimum atomic E-state index is -4.17. The van der Waals surface area contributed by atoms with Crippen molar-refractivity contribution in [2.24, 2.45) is 0 Å². The first-order chi connectivity index (χ1) is 25.8. The SMILES string of the molecule is CCCCCCCC/C=C\CCCCCCCC(=O)NCCN1CCN(CC)C1CCCCCCC/C=C\CCCCCCCC.CCOS(=O)(=O)O. The van der Waals surface area contributed by atoms with E-state index in [2.05, 4.69) is 64.4 Å². The van der Waals surface area contributed by atoms with Crippen LogP contribution >= 0.6 is 0 Å². The third-order valence-electron chi connectivity index (χ3n) is 10.3. The molecule has 2 N–H and O–H groups in total. The number of hydrogen-bond donors (Lipinski definition) is 2. The molecule has 0 aromatic heterocycles. The van der Waals surface area contributed by atoms with Gasteiger partial charge in [-0.15, -0.1) is 0 Å². The Morgan fingerprint density at radius 3 is 1.45 bits per heavy atom. The highest BCUT2D eigenvalue weighted by atomic mass is 32.3. The topological polar surface area (TPSA) is 99.2 Å². The molecule has 0 aliphatic carbocycles. The highest BCUT2D eigenvalue weighted by molar-refractivity contribution is 7.80. The van der Waals surface area contributed by atoms with Gasteiger partial charge in [-0.3, -0.25) is 19.1 Å². The van der Waals surface area contributed by atoms with Crippen LogP contribution in [-0.2, 0) is 19.4 Å². The lowest BCUT2D eigenvalue weighted by Crippen LogP contribution is -2.42. The number of hydrogen-bond acceptors (Lipinski definition) is 6. The average Bonchev–Trinajstić information content (AvgIpc) is 3.52. The molecular weight excluding hydrogens is 683 g/mol. The molecule has 1 aliphatic heterocycles. The van der Waals surface area contributed by atoms with Crippen molar-refractivity contribution in [2.45, 2.75) is 214 Å². The van der Waals surface area contributed by atoms with E-state index in [0.29, 0.717) is 12.6 Å². The Kier molecular flexibility index (Phi) is 38.1. The van der Waals surface area contributed by atoms with E-state index in [1.165, 1.54) is 180 Å². The second-order valence-electron chi connectivity index (χ2n) is 15.0. The molecule has 8 nitrogen and oxygen atoms in total. The van der Waals surface area contributed by atoms with E-state index >= 15 is 0 Å². The van der Waals surface area contributed by atoms with Gasteiger partial charge >= 0.3 is 10.4 Å². The van der Waals surface area contributed by atoms with Crippen molar-refractivity contribution in [3.8, 4) is 0 Å². The molecule has 1 aliphatic rings. The minimum absolute atomic E-state index is 0.0289. The molecule has 1 atom stereocenters. The van der Waals surface area contributed by atoms with Crippen LogP contribution in [0.1, 0.15) is 207 Å². The van der Waals surface area contributed by atoms with Crippen molar-refractivity contribution < 1.29 is 21.9 Å². The van der Waals surface area contributed by atoms with Gasteiger partial charge in [-0.1, -0.05) is 154 Å². The molecule has 1 saturated heterocycles. The second kappa shape index (κ2) is 39.0. The maximum Gasteiger partial charge on any atom is 0.397 e. The average molecular weight is 770 g/mol. The summed E-state index contributed by atoms with van der Waals surface area (Å²) < 4.78 is 30.7. The van der Waals surface area contributed by atoms with Crippen molar-refractivity contribution >= 4 is 16.3 Å². The van der Waals surface area contributed by atoms with Crippen LogP contribution in [0.4, 0.5) is 0 Å². The van der Waals surface area contributed by atoms with Crippen molar-refractivity contribution in [1.82, 2.24) is 15.1 Å². The molecule has 1 unspecified atom stereocenters. The van der Waals surface area contributed by atoms with E-state index in [-0.39, 0.29) is 12.5 Å². The molecule has 1 fully saturated rings. The first kappa shape index (κ1) is 51.7. The Morgan fingerprint density at radius 2 is 1.04 bits per heavy atom. The van der Waals surface area contributed by atoms with Crippen molar-refractivity contribution in [3.05, 3.63) is 24.3 Å². The standard InChI is InChI=1S/C42H81N3O.C2H6O4S/c1-4-7-9-11-13-15-17-19-21-23-25-27-29-31-33-35-41(46)43-37-38-45-40-39-44(6-3)42(45)36-34-32-30-28-26-24-22-20-18-16-14-12-10-8-5-2;1-2-6-7(3,4)5/h19-22,42H,4-18,23-40H2,1-3H3,(H,43,46);2H2,1H3,(H,3,4,5)/b21-19-,22-20-;. The van der Waals surface area contributed by atoms with Crippen LogP contribution < -0.4 is 5.32 Å². The zero-order valence-corrected chi connectivity index (χ0v) is 36.1. The number of nitrogens with zero attached hydrogens (tertiary/aromatic N) is 2. The van der Waals surface area contributed by atoms with E-state index in [0.717, 1.165) is 32.6 Å². The molecular formula is C44H87N3O5S. The molecule has 0 aromatic carbocycles. The van der Waals surface area contributed by atoms with E-state index in [1.807, 2.05) is 0 Å². The molecule has 1 amide bonds. The summed E-state index contributed by atoms with van der Waals surface area (Å²) in [7, 11) is -4.17. The molecule has 1 heterocycles. The zero-order valence-electron chi connectivity index (χ0n) is 35.3. The molecule has 314 valence electrons. The summed E-state index contributed by atoms with van der Waals surface area (Å²) in [6.45, 7) is 13.5.